The first-order valence-electron chi connectivity index (χ1n) is 6.19. The molecule has 0 aliphatic carbocycles. The Kier molecular flexibility index (Phi) is 2.79. The molecule has 0 spiro atoms. The van der Waals surface area contributed by atoms with Crippen LogP contribution in [0.2, 0.25) is 0 Å². The van der Waals surface area contributed by atoms with Crippen LogP contribution in [0.25, 0.3) is 10.8 Å². The van der Waals surface area contributed by atoms with Crippen molar-refractivity contribution in [3.8, 4) is 0 Å². The van der Waals surface area contributed by atoms with Crippen LogP contribution >= 0.6 is 0 Å². The maximum absolute atomic E-state index is 12.4. The van der Waals surface area contributed by atoms with E-state index in [9.17, 15) is 9.59 Å². The predicted molar refractivity (Wildman–Crippen MR) is 70.9 cm³/mol. The molecule has 1 aliphatic rings. The van der Waals surface area contributed by atoms with E-state index in [2.05, 4.69) is 10.2 Å². The minimum Gasteiger partial charge on any atom is -0.336 e. The molecule has 1 amide bonds. The molecule has 6 nitrogen and oxygen atoms in total. The highest BCUT2D eigenvalue weighted by molar-refractivity contribution is 6.04. The van der Waals surface area contributed by atoms with E-state index in [1.54, 1.807) is 29.2 Å². The number of nitrogens with zero attached hydrogens (tertiary/aromatic N) is 2. The van der Waals surface area contributed by atoms with Gasteiger partial charge in [-0.1, -0.05) is 18.2 Å². The van der Waals surface area contributed by atoms with Crippen molar-refractivity contribution >= 4 is 16.7 Å². The lowest BCUT2D eigenvalue weighted by atomic mass is 10.1. The number of carbonyl (C=O) groups is 1. The fraction of sp³-hybridized carbons (Fsp3) is 0.308. The van der Waals surface area contributed by atoms with E-state index in [-0.39, 0.29) is 23.2 Å². The van der Waals surface area contributed by atoms with Gasteiger partial charge in [0.2, 0.25) is 0 Å². The number of hydrogen-bond acceptors (Lipinski definition) is 4. The van der Waals surface area contributed by atoms with Gasteiger partial charge in [0.25, 0.3) is 11.5 Å². The molecule has 0 bridgehead atoms. The van der Waals surface area contributed by atoms with Gasteiger partial charge in [0.15, 0.2) is 5.69 Å². The summed E-state index contributed by atoms with van der Waals surface area (Å²) in [4.78, 5) is 25.7. The smallest absolute Gasteiger partial charge is 0.274 e. The standard InChI is InChI=1S/C13H14N4O2/c14-8-5-6-17(7-8)13(19)11-9-3-1-2-4-10(9)12(18)16-15-11/h1-4,8H,5-7,14H2,(H,16,18). The van der Waals surface area contributed by atoms with Crippen molar-refractivity contribution in [3.05, 3.63) is 40.3 Å². The van der Waals surface area contributed by atoms with Crippen molar-refractivity contribution in [2.45, 2.75) is 12.5 Å². The highest BCUT2D eigenvalue weighted by Gasteiger charge is 2.26. The Morgan fingerprint density at radius 3 is 2.79 bits per heavy atom. The fourth-order valence-corrected chi connectivity index (χ4v) is 2.40. The van der Waals surface area contributed by atoms with E-state index in [0.29, 0.717) is 23.9 Å². The third-order valence-corrected chi connectivity index (χ3v) is 3.41. The van der Waals surface area contributed by atoms with Crippen LogP contribution in [-0.4, -0.2) is 40.1 Å². The van der Waals surface area contributed by atoms with Crippen LogP contribution in [0.4, 0.5) is 0 Å². The summed E-state index contributed by atoms with van der Waals surface area (Å²) < 4.78 is 0. The molecule has 3 N–H and O–H groups in total. The maximum Gasteiger partial charge on any atom is 0.274 e. The Labute approximate surface area is 109 Å². The van der Waals surface area contributed by atoms with Crippen molar-refractivity contribution in [3.63, 3.8) is 0 Å². The molecule has 1 fully saturated rings. The quantitative estimate of drug-likeness (QED) is 0.758. The number of likely N-dealkylation sites (tertiary alicyclic amines) is 1. The van der Waals surface area contributed by atoms with Crippen molar-refractivity contribution in [1.82, 2.24) is 15.1 Å². The van der Waals surface area contributed by atoms with Gasteiger partial charge in [-0.25, -0.2) is 5.10 Å². The summed E-state index contributed by atoms with van der Waals surface area (Å²) >= 11 is 0. The van der Waals surface area contributed by atoms with E-state index in [1.165, 1.54) is 0 Å². The summed E-state index contributed by atoms with van der Waals surface area (Å²) in [7, 11) is 0. The predicted octanol–water partition coefficient (Wildman–Crippen LogP) is 0.0963. The molecule has 3 rings (SSSR count). The van der Waals surface area contributed by atoms with Gasteiger partial charge in [-0.3, -0.25) is 9.59 Å². The van der Waals surface area contributed by atoms with Crippen LogP contribution in [0.3, 0.4) is 0 Å². The van der Waals surface area contributed by atoms with Crippen molar-refractivity contribution in [1.29, 1.82) is 0 Å². The van der Waals surface area contributed by atoms with Gasteiger partial charge < -0.3 is 10.6 Å². The molecule has 0 radical (unpaired) electrons. The second kappa shape index (κ2) is 4.47. The number of fused-ring (bicyclic) bond motifs is 1. The van der Waals surface area contributed by atoms with Crippen molar-refractivity contribution in [2.75, 3.05) is 13.1 Å². The van der Waals surface area contributed by atoms with Gasteiger partial charge in [-0.15, -0.1) is 0 Å². The topological polar surface area (TPSA) is 92.1 Å². The molecule has 1 aromatic heterocycles. The van der Waals surface area contributed by atoms with Gasteiger partial charge in [-0.2, -0.15) is 5.10 Å². The number of amides is 1. The normalized spacial score (nSPS) is 19.0. The molecule has 1 aromatic carbocycles. The molecule has 1 unspecified atom stereocenters. The lowest BCUT2D eigenvalue weighted by molar-refractivity contribution is 0.0786. The van der Waals surface area contributed by atoms with Crippen molar-refractivity contribution in [2.24, 2.45) is 5.73 Å². The lowest BCUT2D eigenvalue weighted by Crippen LogP contribution is -2.33. The van der Waals surface area contributed by atoms with E-state index in [1.807, 2.05) is 0 Å². The summed E-state index contributed by atoms with van der Waals surface area (Å²) in [6.07, 6.45) is 0.799. The van der Waals surface area contributed by atoms with E-state index >= 15 is 0 Å². The van der Waals surface area contributed by atoms with Crippen molar-refractivity contribution < 1.29 is 4.79 Å². The molecule has 6 heteroatoms. The van der Waals surface area contributed by atoms with E-state index < -0.39 is 0 Å². The molecule has 0 saturated carbocycles. The lowest BCUT2D eigenvalue weighted by Gasteiger charge is -2.15. The Hall–Kier alpha value is -2.21. The number of nitrogens with one attached hydrogen (secondary N) is 1. The average molecular weight is 258 g/mol. The summed E-state index contributed by atoms with van der Waals surface area (Å²) in [6.45, 7) is 1.17. The van der Waals surface area contributed by atoms with Gasteiger partial charge >= 0.3 is 0 Å². The minimum atomic E-state index is -0.287. The van der Waals surface area contributed by atoms with Gasteiger partial charge in [0, 0.05) is 24.5 Å². The Bertz CT molecular complexity index is 694. The molecular weight excluding hydrogens is 244 g/mol. The number of hydrogen-bond donors (Lipinski definition) is 2. The Balaban J connectivity index is 2.08. The van der Waals surface area contributed by atoms with E-state index in [4.69, 9.17) is 5.73 Å². The third-order valence-electron chi connectivity index (χ3n) is 3.41. The summed E-state index contributed by atoms with van der Waals surface area (Å²) in [5.41, 5.74) is 5.80. The van der Waals surface area contributed by atoms with Gasteiger partial charge in [0.05, 0.1) is 5.39 Å². The minimum absolute atomic E-state index is 0.0259. The first kappa shape index (κ1) is 11.9. The number of rotatable bonds is 1. The van der Waals surface area contributed by atoms with Crippen LogP contribution in [0, 0.1) is 0 Å². The van der Waals surface area contributed by atoms with Gasteiger partial charge in [0.1, 0.15) is 0 Å². The zero-order valence-electron chi connectivity index (χ0n) is 10.3. The van der Waals surface area contributed by atoms with Crippen LogP contribution in [0.15, 0.2) is 29.1 Å². The maximum atomic E-state index is 12.4. The van der Waals surface area contributed by atoms with Crippen LogP contribution < -0.4 is 11.3 Å². The first-order valence-corrected chi connectivity index (χ1v) is 6.19. The molecule has 2 heterocycles. The number of nitrogens with two attached hydrogens (primary N) is 1. The van der Waals surface area contributed by atoms with Crippen LogP contribution in [0.1, 0.15) is 16.9 Å². The summed E-state index contributed by atoms with van der Waals surface area (Å²) in [5, 5.41) is 7.34. The zero-order chi connectivity index (χ0) is 13.4. The fourth-order valence-electron chi connectivity index (χ4n) is 2.40. The number of benzene rings is 1. The number of carbonyl (C=O) groups excluding carboxylic acids is 1. The molecular formula is C13H14N4O2. The van der Waals surface area contributed by atoms with E-state index in [0.717, 1.165) is 6.42 Å². The molecule has 1 saturated heterocycles. The Morgan fingerprint density at radius 1 is 1.37 bits per heavy atom. The van der Waals surface area contributed by atoms with Gasteiger partial charge in [-0.05, 0) is 12.5 Å². The number of aromatic amines is 1. The molecule has 1 aliphatic heterocycles. The first-order chi connectivity index (χ1) is 9.16. The Morgan fingerprint density at radius 2 is 2.11 bits per heavy atom. The number of aromatic nitrogens is 2. The molecule has 1 atom stereocenters. The summed E-state index contributed by atoms with van der Waals surface area (Å²) in [5.74, 6) is -0.180. The third kappa shape index (κ3) is 2.00. The zero-order valence-corrected chi connectivity index (χ0v) is 10.3. The molecule has 2 aromatic rings. The highest BCUT2D eigenvalue weighted by atomic mass is 16.2. The SMILES string of the molecule is NC1CCN(C(=O)c2n[nH]c(=O)c3ccccc23)C1. The number of H-pyrrole nitrogens is 1. The largest absolute Gasteiger partial charge is 0.336 e. The average Bonchev–Trinajstić information content (AvgIpc) is 2.86. The second-order valence-corrected chi connectivity index (χ2v) is 4.75. The second-order valence-electron chi connectivity index (χ2n) is 4.75. The van der Waals surface area contributed by atoms with Crippen LogP contribution in [-0.2, 0) is 0 Å². The van der Waals surface area contributed by atoms with Crippen LogP contribution in [0.5, 0.6) is 0 Å². The summed E-state index contributed by atoms with van der Waals surface area (Å²) in [6, 6.07) is 6.99. The highest BCUT2D eigenvalue weighted by Crippen LogP contribution is 2.17. The molecule has 98 valence electrons. The molecule has 19 heavy (non-hydrogen) atoms. The monoisotopic (exact) mass is 258 g/mol.